The highest BCUT2D eigenvalue weighted by atomic mass is 35.5. The molecule has 0 atom stereocenters. The molecule has 6 nitrogen and oxygen atoms in total. The predicted octanol–water partition coefficient (Wildman–Crippen LogP) is 4.56. The third-order valence-electron chi connectivity index (χ3n) is 4.71. The van der Waals surface area contributed by atoms with Gasteiger partial charge in [-0.05, 0) is 37.5 Å². The highest BCUT2D eigenvalue weighted by molar-refractivity contribution is 6.30. The van der Waals surface area contributed by atoms with Crippen LogP contribution < -0.4 is 4.74 Å². The van der Waals surface area contributed by atoms with Crippen LogP contribution in [0.25, 0.3) is 5.65 Å². The third kappa shape index (κ3) is 4.53. The van der Waals surface area contributed by atoms with Crippen molar-refractivity contribution < 1.29 is 9.53 Å². The van der Waals surface area contributed by atoms with E-state index in [2.05, 4.69) is 25.8 Å². The summed E-state index contributed by atoms with van der Waals surface area (Å²) in [5.74, 6) is 0.886. The minimum absolute atomic E-state index is 0.0589. The second kappa shape index (κ2) is 8.82. The summed E-state index contributed by atoms with van der Waals surface area (Å²) in [5, 5.41) is 5.29. The number of fused-ring (bicyclic) bond motifs is 1. The zero-order valence-electron chi connectivity index (χ0n) is 17.6. The molecule has 3 rings (SSSR count). The summed E-state index contributed by atoms with van der Waals surface area (Å²) in [6.07, 6.45) is 0.763. The van der Waals surface area contributed by atoms with Crippen molar-refractivity contribution in [3.05, 3.63) is 57.9 Å². The molecule has 1 amide bonds. The fraction of sp³-hybridized carbons (Fsp3) is 0.409. The zero-order valence-corrected chi connectivity index (χ0v) is 18.3. The first-order chi connectivity index (χ1) is 13.8. The highest BCUT2D eigenvalue weighted by Gasteiger charge is 2.23. The summed E-state index contributed by atoms with van der Waals surface area (Å²) in [6.45, 7) is 9.21. The number of ether oxygens (including phenoxy) is 1. The number of aryl methyl sites for hydroxylation is 2. The first-order valence-electron chi connectivity index (χ1n) is 9.81. The van der Waals surface area contributed by atoms with Gasteiger partial charge < -0.3 is 9.64 Å². The predicted molar refractivity (Wildman–Crippen MR) is 115 cm³/mol. The van der Waals surface area contributed by atoms with Crippen molar-refractivity contribution in [2.75, 3.05) is 13.7 Å². The minimum atomic E-state index is -0.0589. The molecular weight excluding hydrogens is 388 g/mol. The Labute approximate surface area is 176 Å². The third-order valence-corrected chi connectivity index (χ3v) is 4.95. The van der Waals surface area contributed by atoms with Gasteiger partial charge in [-0.25, -0.2) is 4.98 Å². The molecule has 0 spiro atoms. The lowest BCUT2D eigenvalue weighted by molar-refractivity contribution is 0.0720. The Morgan fingerprint density at radius 1 is 1.31 bits per heavy atom. The lowest BCUT2D eigenvalue weighted by Gasteiger charge is -2.24. The van der Waals surface area contributed by atoms with E-state index in [-0.39, 0.29) is 5.91 Å². The molecule has 0 N–H and O–H groups in total. The SMILES string of the molecule is CCc1c(CN(CC(C)C)C(=O)c2cccc(Cl)c2)nn2c(OC)cc(C)nc12. The number of halogens is 1. The van der Waals surface area contributed by atoms with E-state index in [1.807, 2.05) is 17.9 Å². The Bertz CT molecular complexity index is 1030. The van der Waals surface area contributed by atoms with Gasteiger partial charge in [0.1, 0.15) is 0 Å². The monoisotopic (exact) mass is 414 g/mol. The molecule has 0 aliphatic heterocycles. The average Bonchev–Trinajstić information content (AvgIpc) is 3.02. The van der Waals surface area contributed by atoms with Crippen LogP contribution in [0.15, 0.2) is 30.3 Å². The molecule has 1 aromatic carbocycles. The average molecular weight is 415 g/mol. The number of aromatic nitrogens is 3. The van der Waals surface area contributed by atoms with Crippen LogP contribution in [-0.4, -0.2) is 39.1 Å². The normalized spacial score (nSPS) is 11.3. The molecule has 0 aliphatic rings. The van der Waals surface area contributed by atoms with Gasteiger partial charge in [0.25, 0.3) is 5.91 Å². The zero-order chi connectivity index (χ0) is 21.1. The lowest BCUT2D eigenvalue weighted by atomic mass is 10.1. The topological polar surface area (TPSA) is 59.7 Å². The summed E-state index contributed by atoms with van der Waals surface area (Å²) in [6, 6.07) is 8.91. The summed E-state index contributed by atoms with van der Waals surface area (Å²) in [5.41, 5.74) is 4.08. The Morgan fingerprint density at radius 2 is 2.07 bits per heavy atom. The van der Waals surface area contributed by atoms with Gasteiger partial charge in [-0.15, -0.1) is 0 Å². The molecule has 0 radical (unpaired) electrons. The number of nitrogens with zero attached hydrogens (tertiary/aromatic N) is 4. The van der Waals surface area contributed by atoms with Crippen LogP contribution >= 0.6 is 11.6 Å². The van der Waals surface area contributed by atoms with Crippen molar-refractivity contribution in [2.45, 2.75) is 40.7 Å². The van der Waals surface area contributed by atoms with Crippen LogP contribution in [-0.2, 0) is 13.0 Å². The van der Waals surface area contributed by atoms with Gasteiger partial charge in [0.05, 0.1) is 19.3 Å². The highest BCUT2D eigenvalue weighted by Crippen LogP contribution is 2.23. The molecule has 7 heteroatoms. The van der Waals surface area contributed by atoms with Crippen molar-refractivity contribution >= 4 is 23.2 Å². The Morgan fingerprint density at radius 3 is 2.69 bits per heavy atom. The maximum Gasteiger partial charge on any atom is 0.254 e. The molecule has 0 aliphatic carbocycles. The van der Waals surface area contributed by atoms with Gasteiger partial charge >= 0.3 is 0 Å². The van der Waals surface area contributed by atoms with Crippen molar-refractivity contribution in [3.8, 4) is 5.88 Å². The largest absolute Gasteiger partial charge is 0.481 e. The fourth-order valence-electron chi connectivity index (χ4n) is 3.47. The van der Waals surface area contributed by atoms with Crippen molar-refractivity contribution in [3.63, 3.8) is 0 Å². The smallest absolute Gasteiger partial charge is 0.254 e. The summed E-state index contributed by atoms with van der Waals surface area (Å²) < 4.78 is 7.21. The van der Waals surface area contributed by atoms with Crippen LogP contribution in [0.2, 0.25) is 5.02 Å². The van der Waals surface area contributed by atoms with E-state index in [9.17, 15) is 4.79 Å². The molecule has 2 aromatic heterocycles. The van der Waals surface area contributed by atoms with Crippen LogP contribution in [0.5, 0.6) is 5.88 Å². The first-order valence-corrected chi connectivity index (χ1v) is 10.2. The van der Waals surface area contributed by atoms with E-state index in [0.717, 1.165) is 29.0 Å². The van der Waals surface area contributed by atoms with Gasteiger partial charge in [-0.1, -0.05) is 38.4 Å². The molecule has 2 heterocycles. The van der Waals surface area contributed by atoms with Crippen LogP contribution in [0.4, 0.5) is 0 Å². The number of rotatable bonds is 7. The molecular formula is C22H27ClN4O2. The van der Waals surface area contributed by atoms with E-state index >= 15 is 0 Å². The minimum Gasteiger partial charge on any atom is -0.481 e. The number of hydrogen-bond donors (Lipinski definition) is 0. The van der Waals surface area contributed by atoms with Crippen LogP contribution in [0.3, 0.4) is 0 Å². The number of methoxy groups -OCH3 is 1. The Balaban J connectivity index is 2.03. The number of amides is 1. The van der Waals surface area contributed by atoms with Crippen LogP contribution in [0, 0.1) is 12.8 Å². The Kier molecular flexibility index (Phi) is 6.42. The maximum atomic E-state index is 13.2. The molecule has 3 aromatic rings. The van der Waals surface area contributed by atoms with Crippen molar-refractivity contribution in [1.82, 2.24) is 19.5 Å². The molecule has 154 valence electrons. The number of carbonyl (C=O) groups is 1. The van der Waals surface area contributed by atoms with Crippen molar-refractivity contribution in [1.29, 1.82) is 0 Å². The number of benzene rings is 1. The van der Waals surface area contributed by atoms with E-state index in [1.54, 1.807) is 35.9 Å². The fourth-order valence-corrected chi connectivity index (χ4v) is 3.66. The summed E-state index contributed by atoms with van der Waals surface area (Å²) in [7, 11) is 1.62. The van der Waals surface area contributed by atoms with Gasteiger partial charge in [-0.3, -0.25) is 4.79 Å². The molecule has 0 fully saturated rings. The maximum absolute atomic E-state index is 13.2. The summed E-state index contributed by atoms with van der Waals surface area (Å²) in [4.78, 5) is 19.7. The summed E-state index contributed by atoms with van der Waals surface area (Å²) >= 11 is 6.10. The number of carbonyl (C=O) groups excluding carboxylic acids is 1. The quantitative estimate of drug-likeness (QED) is 0.568. The van der Waals surface area contributed by atoms with Gasteiger partial charge in [0, 0.05) is 34.5 Å². The van der Waals surface area contributed by atoms with Gasteiger partial charge in [0.15, 0.2) is 5.65 Å². The van der Waals surface area contributed by atoms with E-state index in [4.69, 9.17) is 21.4 Å². The molecule has 0 bridgehead atoms. The number of hydrogen-bond acceptors (Lipinski definition) is 4. The standard InChI is InChI=1S/C22H27ClN4O2/c1-6-18-19(25-27-20(29-5)10-15(4)24-21(18)27)13-26(12-14(2)3)22(28)16-8-7-9-17(23)11-16/h7-11,14H,6,12-13H2,1-5H3. The Hall–Kier alpha value is -2.60. The molecule has 0 saturated carbocycles. The van der Waals surface area contributed by atoms with E-state index in [1.165, 1.54) is 0 Å². The second-order valence-corrected chi connectivity index (χ2v) is 7.98. The van der Waals surface area contributed by atoms with Gasteiger partial charge in [-0.2, -0.15) is 9.61 Å². The van der Waals surface area contributed by atoms with Crippen molar-refractivity contribution in [2.24, 2.45) is 5.92 Å². The van der Waals surface area contributed by atoms with E-state index in [0.29, 0.717) is 35.5 Å². The molecule has 0 unspecified atom stereocenters. The second-order valence-electron chi connectivity index (χ2n) is 7.54. The van der Waals surface area contributed by atoms with Crippen LogP contribution in [0.1, 0.15) is 48.1 Å². The molecule has 29 heavy (non-hydrogen) atoms. The van der Waals surface area contributed by atoms with Gasteiger partial charge in [0.2, 0.25) is 5.88 Å². The first kappa shape index (κ1) is 21.1. The van der Waals surface area contributed by atoms with E-state index < -0.39 is 0 Å². The lowest BCUT2D eigenvalue weighted by Crippen LogP contribution is -2.34. The molecule has 0 saturated heterocycles.